The molecule has 1 aliphatic rings. The fourth-order valence-corrected chi connectivity index (χ4v) is 0.801. The average Bonchev–Trinajstić information content (AvgIpc) is 1.96. The van der Waals surface area contributed by atoms with Crippen molar-refractivity contribution in [2.75, 3.05) is 0 Å². The highest BCUT2D eigenvalue weighted by atomic mass is 79.9. The van der Waals surface area contributed by atoms with Gasteiger partial charge in [-0.15, -0.1) is 0 Å². The van der Waals surface area contributed by atoms with Crippen molar-refractivity contribution in [2.24, 2.45) is 4.99 Å². The van der Waals surface area contributed by atoms with Crippen molar-refractivity contribution in [1.29, 1.82) is 0 Å². The van der Waals surface area contributed by atoms with Gasteiger partial charge in [0.2, 0.25) is 10.2 Å². The molecule has 52 valence electrons. The molecule has 1 atom stereocenters. The molecule has 0 N–H and O–H groups in total. The molecule has 0 aromatic heterocycles. The van der Waals surface area contributed by atoms with Gasteiger partial charge in [0.25, 0.3) is 0 Å². The fraction of sp³-hybridized carbons (Fsp3) is 0.167. The topological polar surface area (TPSA) is 46.5 Å². The minimum Gasteiger partial charge on any atom is -0.299 e. The van der Waals surface area contributed by atoms with E-state index in [1.54, 1.807) is 0 Å². The summed E-state index contributed by atoms with van der Waals surface area (Å²) < 4.78 is -1.35. The zero-order chi connectivity index (χ0) is 7.61. The predicted octanol–water partition coefficient (Wildman–Crippen LogP) is 0.486. The number of hydrogen-bond acceptors (Lipinski definition) is 3. The van der Waals surface area contributed by atoms with Crippen molar-refractivity contribution in [3.05, 3.63) is 12.2 Å². The van der Waals surface area contributed by atoms with E-state index in [0.29, 0.717) is 6.29 Å². The molecule has 4 heteroatoms. The lowest BCUT2D eigenvalue weighted by Crippen LogP contribution is -2.31. The second kappa shape index (κ2) is 2.46. The number of ketones is 1. The van der Waals surface area contributed by atoms with Crippen LogP contribution in [-0.4, -0.2) is 22.7 Å². The monoisotopic (exact) mass is 201 g/mol. The molecule has 1 heterocycles. The van der Waals surface area contributed by atoms with Crippen LogP contribution in [0, 0.1) is 0 Å². The van der Waals surface area contributed by atoms with Crippen LogP contribution in [0.15, 0.2) is 17.1 Å². The Bertz CT molecular complexity index is 234. The maximum absolute atomic E-state index is 10.9. The van der Waals surface area contributed by atoms with Crippen LogP contribution >= 0.6 is 15.9 Å². The van der Waals surface area contributed by atoms with Gasteiger partial charge in [-0.3, -0.25) is 14.6 Å². The summed E-state index contributed by atoms with van der Waals surface area (Å²) in [5.74, 6) is -0.343. The van der Waals surface area contributed by atoms with E-state index in [0.717, 1.165) is 0 Å². The average molecular weight is 202 g/mol. The normalized spacial score (nSPS) is 30.7. The zero-order valence-corrected chi connectivity index (χ0v) is 6.54. The lowest BCUT2D eigenvalue weighted by molar-refractivity contribution is -0.121. The van der Waals surface area contributed by atoms with Gasteiger partial charge in [0.05, 0.1) is 0 Å². The van der Waals surface area contributed by atoms with Gasteiger partial charge in [-0.2, -0.15) is 0 Å². The number of rotatable bonds is 1. The van der Waals surface area contributed by atoms with Crippen LogP contribution in [-0.2, 0) is 9.59 Å². The molecule has 3 nitrogen and oxygen atoms in total. The summed E-state index contributed by atoms with van der Waals surface area (Å²) in [6.07, 6.45) is 4.67. The third kappa shape index (κ3) is 1.07. The Kier molecular flexibility index (Phi) is 1.80. The van der Waals surface area contributed by atoms with E-state index in [4.69, 9.17) is 0 Å². The first kappa shape index (κ1) is 7.34. The van der Waals surface area contributed by atoms with Crippen molar-refractivity contribution in [3.63, 3.8) is 0 Å². The number of carbonyl (C=O) groups is 2. The van der Waals surface area contributed by atoms with Crippen molar-refractivity contribution in [1.82, 2.24) is 0 Å². The van der Waals surface area contributed by atoms with Gasteiger partial charge >= 0.3 is 0 Å². The van der Waals surface area contributed by atoms with Gasteiger partial charge in [0, 0.05) is 6.21 Å². The van der Waals surface area contributed by atoms with Crippen LogP contribution in [0.4, 0.5) is 0 Å². The zero-order valence-electron chi connectivity index (χ0n) is 4.95. The molecular formula is C6H4BrNO2. The molecule has 0 bridgehead atoms. The number of aldehydes is 1. The Balaban J connectivity index is 2.99. The van der Waals surface area contributed by atoms with Crippen LogP contribution in [0.1, 0.15) is 0 Å². The molecule has 0 amide bonds. The molecule has 0 saturated carbocycles. The number of aliphatic imine (C=N–C) groups is 1. The second-order valence-corrected chi connectivity index (χ2v) is 3.00. The minimum absolute atomic E-state index is 0.343. The van der Waals surface area contributed by atoms with Gasteiger partial charge in [-0.1, -0.05) is 0 Å². The lowest BCUT2D eigenvalue weighted by atomic mass is 10.2. The quantitative estimate of drug-likeness (QED) is 0.269. The highest BCUT2D eigenvalue weighted by molar-refractivity contribution is 9.10. The number of halogens is 1. The molecule has 0 radical (unpaired) electrons. The minimum atomic E-state index is -1.35. The van der Waals surface area contributed by atoms with E-state index in [-0.39, 0.29) is 5.78 Å². The third-order valence-corrected chi connectivity index (χ3v) is 1.88. The van der Waals surface area contributed by atoms with E-state index in [1.807, 2.05) is 0 Å². The van der Waals surface area contributed by atoms with Crippen LogP contribution in [0.2, 0.25) is 0 Å². The Morgan fingerprint density at radius 3 is 2.80 bits per heavy atom. The fourth-order valence-electron chi connectivity index (χ4n) is 0.551. The summed E-state index contributed by atoms with van der Waals surface area (Å²) in [5.41, 5.74) is 0. The molecule has 10 heavy (non-hydrogen) atoms. The Morgan fingerprint density at radius 1 is 1.70 bits per heavy atom. The maximum Gasteiger partial charge on any atom is 0.231 e. The van der Waals surface area contributed by atoms with Crippen molar-refractivity contribution in [3.8, 4) is 0 Å². The first-order chi connectivity index (χ1) is 4.69. The lowest BCUT2D eigenvalue weighted by Gasteiger charge is -2.12. The molecule has 1 unspecified atom stereocenters. The predicted molar refractivity (Wildman–Crippen MR) is 40.4 cm³/mol. The number of hydrogen-bond donors (Lipinski definition) is 0. The van der Waals surface area contributed by atoms with E-state index < -0.39 is 4.45 Å². The van der Waals surface area contributed by atoms with Crippen molar-refractivity contribution < 1.29 is 9.59 Å². The van der Waals surface area contributed by atoms with Gasteiger partial charge in [-0.05, 0) is 28.1 Å². The maximum atomic E-state index is 10.9. The van der Waals surface area contributed by atoms with Gasteiger partial charge in [0.1, 0.15) is 0 Å². The summed E-state index contributed by atoms with van der Waals surface area (Å²) in [7, 11) is 0. The third-order valence-electron chi connectivity index (χ3n) is 1.10. The Morgan fingerprint density at radius 2 is 2.40 bits per heavy atom. The van der Waals surface area contributed by atoms with Crippen LogP contribution in [0.25, 0.3) is 0 Å². The largest absolute Gasteiger partial charge is 0.299 e. The van der Waals surface area contributed by atoms with Gasteiger partial charge in [0.15, 0.2) is 6.29 Å². The highest BCUT2D eigenvalue weighted by Gasteiger charge is 2.33. The summed E-state index contributed by atoms with van der Waals surface area (Å²) in [5, 5.41) is 0. The Labute approximate surface area is 66.0 Å². The molecular weight excluding hydrogens is 198 g/mol. The van der Waals surface area contributed by atoms with Crippen molar-refractivity contribution in [2.45, 2.75) is 4.45 Å². The van der Waals surface area contributed by atoms with Crippen LogP contribution in [0.5, 0.6) is 0 Å². The van der Waals surface area contributed by atoms with Gasteiger partial charge < -0.3 is 0 Å². The van der Waals surface area contributed by atoms with Crippen LogP contribution in [0.3, 0.4) is 0 Å². The van der Waals surface area contributed by atoms with E-state index >= 15 is 0 Å². The molecule has 0 aliphatic carbocycles. The summed E-state index contributed by atoms with van der Waals surface area (Å²) in [6.45, 7) is 0. The molecule has 0 fully saturated rings. The highest BCUT2D eigenvalue weighted by Crippen LogP contribution is 2.20. The molecule has 1 aliphatic heterocycles. The summed E-state index contributed by atoms with van der Waals surface area (Å²) in [4.78, 5) is 24.8. The van der Waals surface area contributed by atoms with E-state index in [2.05, 4.69) is 20.9 Å². The molecule has 0 spiro atoms. The smallest absolute Gasteiger partial charge is 0.231 e. The van der Waals surface area contributed by atoms with Gasteiger partial charge in [-0.25, -0.2) is 0 Å². The second-order valence-electron chi connectivity index (χ2n) is 1.79. The van der Waals surface area contributed by atoms with Crippen LogP contribution < -0.4 is 0 Å². The molecule has 0 aromatic carbocycles. The van der Waals surface area contributed by atoms with E-state index in [1.165, 1.54) is 18.4 Å². The summed E-state index contributed by atoms with van der Waals surface area (Å²) in [6, 6.07) is 0. The molecule has 0 saturated heterocycles. The number of carbonyl (C=O) groups excluding carboxylic acids is 2. The first-order valence-electron chi connectivity index (χ1n) is 2.60. The van der Waals surface area contributed by atoms with E-state index in [9.17, 15) is 9.59 Å². The number of allylic oxidation sites excluding steroid dienone is 1. The molecule has 1 rings (SSSR count). The Hall–Kier alpha value is -0.770. The first-order valence-corrected chi connectivity index (χ1v) is 3.40. The standard InChI is InChI=1S/C6H4BrNO2/c7-6(4-9)5(10)2-1-3-8-6/h1-4H. The number of dihydropyridines is 1. The molecule has 0 aromatic rings. The SMILES string of the molecule is O=CC1(Br)N=CC=CC1=O. The van der Waals surface area contributed by atoms with Crippen molar-refractivity contribution >= 4 is 34.2 Å². The number of nitrogens with zero attached hydrogens (tertiary/aromatic N) is 1. The number of alkyl halides is 1. The summed E-state index contributed by atoms with van der Waals surface area (Å²) >= 11 is 2.89.